The van der Waals surface area contributed by atoms with Gasteiger partial charge in [-0.05, 0) is 31.9 Å². The molecule has 0 radical (unpaired) electrons. The third-order valence-corrected chi connectivity index (χ3v) is 6.90. The van der Waals surface area contributed by atoms with Gasteiger partial charge in [-0.3, -0.25) is 19.5 Å². The van der Waals surface area contributed by atoms with Crippen molar-refractivity contribution >= 4 is 23.7 Å². The molecule has 0 spiro atoms. The van der Waals surface area contributed by atoms with E-state index in [1.165, 1.54) is 9.80 Å². The number of nitrogens with zero attached hydrogens (tertiary/aromatic N) is 6. The minimum atomic E-state index is -0.615. The summed E-state index contributed by atoms with van der Waals surface area (Å²) in [6.07, 6.45) is 1.98. The molecular formula is C24H31N6O3+. The molecule has 9 heteroatoms. The Morgan fingerprint density at radius 2 is 1.88 bits per heavy atom. The largest absolute Gasteiger partial charge is 0.401 e. The molecule has 3 amide bonds. The van der Waals surface area contributed by atoms with E-state index in [9.17, 15) is 9.59 Å². The van der Waals surface area contributed by atoms with E-state index in [4.69, 9.17) is 9.73 Å². The summed E-state index contributed by atoms with van der Waals surface area (Å²) < 4.78 is 9.51. The first kappa shape index (κ1) is 21.8. The molecule has 0 saturated carbocycles. The van der Waals surface area contributed by atoms with Gasteiger partial charge in [-0.2, -0.15) is 0 Å². The first-order chi connectivity index (χ1) is 15.8. The fourth-order valence-electron chi connectivity index (χ4n) is 4.86. The van der Waals surface area contributed by atoms with Crippen molar-refractivity contribution < 1.29 is 18.9 Å². The number of morpholine rings is 1. The van der Waals surface area contributed by atoms with Crippen LogP contribution in [0.3, 0.4) is 0 Å². The van der Waals surface area contributed by atoms with Gasteiger partial charge in [0.2, 0.25) is 11.9 Å². The van der Waals surface area contributed by atoms with Gasteiger partial charge in [0, 0.05) is 26.7 Å². The second kappa shape index (κ2) is 8.39. The molecule has 4 heterocycles. The fraction of sp³-hybridized carbons (Fsp3) is 0.500. The molecule has 0 aliphatic carbocycles. The van der Waals surface area contributed by atoms with Crippen LogP contribution in [0.5, 0.6) is 0 Å². The summed E-state index contributed by atoms with van der Waals surface area (Å²) in [6.45, 7) is 11.4. The van der Waals surface area contributed by atoms with Crippen molar-refractivity contribution in [2.24, 2.45) is 4.99 Å². The van der Waals surface area contributed by atoms with Crippen molar-refractivity contribution in [3.63, 3.8) is 0 Å². The number of aryl methyl sites for hydroxylation is 3. The summed E-state index contributed by atoms with van der Waals surface area (Å²) >= 11 is 0. The Kier molecular flexibility index (Phi) is 5.54. The first-order valence-corrected chi connectivity index (χ1v) is 11.5. The van der Waals surface area contributed by atoms with Gasteiger partial charge in [0.05, 0.1) is 26.3 Å². The van der Waals surface area contributed by atoms with Gasteiger partial charge < -0.3 is 4.74 Å². The predicted octanol–water partition coefficient (Wildman–Crippen LogP) is 1.71. The van der Waals surface area contributed by atoms with Crippen LogP contribution in [0.4, 0.5) is 10.7 Å². The Labute approximate surface area is 193 Å². The highest BCUT2D eigenvalue weighted by Gasteiger charge is 2.53. The normalized spacial score (nSPS) is 20.8. The number of carbonyl (C=O) groups excluding carboxylic acids is 2. The highest BCUT2D eigenvalue weighted by molar-refractivity contribution is 6.19. The molecule has 2 fully saturated rings. The number of amides is 3. The van der Waals surface area contributed by atoms with Crippen molar-refractivity contribution in [1.29, 1.82) is 0 Å². The molecule has 1 unspecified atom stereocenters. The molecule has 3 aliphatic heterocycles. The van der Waals surface area contributed by atoms with Gasteiger partial charge in [0.25, 0.3) is 5.91 Å². The molecule has 0 bridgehead atoms. The average Bonchev–Trinajstić information content (AvgIpc) is 3.31. The SMILES string of the molecule is Cc1ccc(C)c(CN2C(=O)C3C(=Nc4n(CCN5CCOCC5)c(C)c[n+]43)N(C)C2=O)c1. The third kappa shape index (κ3) is 3.75. The van der Waals surface area contributed by atoms with Gasteiger partial charge in [-0.1, -0.05) is 28.8 Å². The van der Waals surface area contributed by atoms with Crippen molar-refractivity contribution in [3.8, 4) is 0 Å². The number of hydrogen-bond donors (Lipinski definition) is 0. The Hall–Kier alpha value is -3.04. The van der Waals surface area contributed by atoms with E-state index >= 15 is 0 Å². The van der Waals surface area contributed by atoms with Crippen LogP contribution < -0.4 is 4.57 Å². The van der Waals surface area contributed by atoms with Crippen LogP contribution in [0.25, 0.3) is 0 Å². The molecule has 1 aromatic heterocycles. The maximum atomic E-state index is 13.6. The fourth-order valence-corrected chi connectivity index (χ4v) is 4.86. The predicted molar refractivity (Wildman–Crippen MR) is 122 cm³/mol. The molecule has 5 rings (SSSR count). The second-order valence-corrected chi connectivity index (χ2v) is 9.15. The lowest BCUT2D eigenvalue weighted by Crippen LogP contribution is -2.62. The van der Waals surface area contributed by atoms with Crippen LogP contribution >= 0.6 is 0 Å². The summed E-state index contributed by atoms with van der Waals surface area (Å²) in [5, 5.41) is 0. The van der Waals surface area contributed by atoms with E-state index in [-0.39, 0.29) is 18.5 Å². The number of urea groups is 1. The minimum absolute atomic E-state index is 0.230. The molecule has 9 nitrogen and oxygen atoms in total. The number of aliphatic imine (C=N–C) groups is 1. The van der Waals surface area contributed by atoms with E-state index in [1.807, 2.05) is 49.7 Å². The smallest absolute Gasteiger partial charge is 0.379 e. The number of benzene rings is 1. The van der Waals surface area contributed by atoms with E-state index in [0.717, 1.165) is 67.7 Å². The van der Waals surface area contributed by atoms with Gasteiger partial charge in [0.1, 0.15) is 11.9 Å². The van der Waals surface area contributed by atoms with Crippen molar-refractivity contribution in [1.82, 2.24) is 19.3 Å². The summed E-state index contributed by atoms with van der Waals surface area (Å²) in [7, 11) is 1.70. The average molecular weight is 452 g/mol. The maximum Gasteiger partial charge on any atom is 0.401 e. The third-order valence-electron chi connectivity index (χ3n) is 6.90. The Morgan fingerprint density at radius 1 is 1.12 bits per heavy atom. The lowest BCUT2D eigenvalue weighted by atomic mass is 10.0. The Balaban J connectivity index is 1.42. The van der Waals surface area contributed by atoms with Gasteiger partial charge >= 0.3 is 12.0 Å². The number of amidine groups is 1. The lowest BCUT2D eigenvalue weighted by Gasteiger charge is -2.33. The monoisotopic (exact) mass is 451 g/mol. The zero-order chi connectivity index (χ0) is 23.3. The van der Waals surface area contributed by atoms with E-state index in [2.05, 4.69) is 9.47 Å². The van der Waals surface area contributed by atoms with Crippen LogP contribution in [0.2, 0.25) is 0 Å². The lowest BCUT2D eigenvalue weighted by molar-refractivity contribution is -0.677. The molecular weight excluding hydrogens is 420 g/mol. The summed E-state index contributed by atoms with van der Waals surface area (Å²) in [4.78, 5) is 36.8. The van der Waals surface area contributed by atoms with Crippen LogP contribution in [0.1, 0.15) is 28.4 Å². The number of likely N-dealkylation sites (N-methyl/N-ethyl adjacent to an activating group) is 1. The quantitative estimate of drug-likeness (QED) is 0.649. The van der Waals surface area contributed by atoms with Crippen molar-refractivity contribution in [2.75, 3.05) is 39.9 Å². The first-order valence-electron chi connectivity index (χ1n) is 11.5. The molecule has 33 heavy (non-hydrogen) atoms. The molecule has 2 aromatic rings. The highest BCUT2D eigenvalue weighted by Crippen LogP contribution is 2.30. The van der Waals surface area contributed by atoms with Crippen LogP contribution in [0, 0.1) is 20.8 Å². The molecule has 174 valence electrons. The summed E-state index contributed by atoms with van der Waals surface area (Å²) in [5.74, 6) is 0.992. The van der Waals surface area contributed by atoms with E-state index in [0.29, 0.717) is 5.84 Å². The number of hydrogen-bond acceptors (Lipinski definition) is 5. The number of aromatic nitrogens is 2. The molecule has 2 saturated heterocycles. The van der Waals surface area contributed by atoms with Crippen molar-refractivity contribution in [3.05, 3.63) is 46.8 Å². The van der Waals surface area contributed by atoms with Crippen molar-refractivity contribution in [2.45, 2.75) is 39.9 Å². The number of imide groups is 1. The summed E-state index contributed by atoms with van der Waals surface area (Å²) in [5.41, 5.74) is 4.20. The van der Waals surface area contributed by atoms with E-state index < -0.39 is 6.04 Å². The van der Waals surface area contributed by atoms with Crippen LogP contribution in [-0.2, 0) is 22.6 Å². The maximum absolute atomic E-state index is 13.6. The topological polar surface area (TPSA) is 74.3 Å². The Morgan fingerprint density at radius 3 is 2.64 bits per heavy atom. The number of carbonyl (C=O) groups is 2. The molecule has 0 N–H and O–H groups in total. The summed E-state index contributed by atoms with van der Waals surface area (Å²) in [6, 6.07) is 5.16. The zero-order valence-electron chi connectivity index (χ0n) is 19.7. The van der Waals surface area contributed by atoms with E-state index in [1.54, 1.807) is 7.05 Å². The van der Waals surface area contributed by atoms with Crippen LogP contribution in [-0.4, -0.2) is 76.9 Å². The number of imidazole rings is 1. The second-order valence-electron chi connectivity index (χ2n) is 9.15. The van der Waals surface area contributed by atoms with Crippen LogP contribution in [0.15, 0.2) is 29.4 Å². The van der Waals surface area contributed by atoms with Gasteiger partial charge in [-0.15, -0.1) is 0 Å². The number of rotatable bonds is 5. The molecule has 1 aromatic carbocycles. The molecule has 1 atom stereocenters. The zero-order valence-corrected chi connectivity index (χ0v) is 19.7. The standard InChI is InChI=1S/C24H31N6O3/c1-16-5-6-17(2)19(13-16)15-30-22(31)20-21(26(4)24(30)32)25-23-28(18(3)14-29(20)23)8-7-27-9-11-33-12-10-27/h5-6,13-14,20H,7-12,15H2,1-4H3/q+1. The van der Waals surface area contributed by atoms with Gasteiger partial charge in [-0.25, -0.2) is 13.9 Å². The molecule has 3 aliphatic rings. The van der Waals surface area contributed by atoms with Gasteiger partial charge in [0.15, 0.2) is 0 Å². The number of ether oxygens (including phenoxy) is 1. The highest BCUT2D eigenvalue weighted by atomic mass is 16.5. The Bertz CT molecular complexity index is 1150. The number of fused-ring (bicyclic) bond motifs is 3. The minimum Gasteiger partial charge on any atom is -0.379 e.